The SMILES string of the molecule is CCC(O)C(O)Cc1cc(C)nn1CC. The third-order valence-electron chi connectivity index (χ3n) is 2.57. The molecular formula is C11H20N2O2. The molecule has 2 atom stereocenters. The summed E-state index contributed by atoms with van der Waals surface area (Å²) in [6.45, 7) is 6.59. The molecule has 0 saturated heterocycles. The van der Waals surface area contributed by atoms with Crippen LogP contribution in [0.1, 0.15) is 31.7 Å². The van der Waals surface area contributed by atoms with Crippen molar-refractivity contribution < 1.29 is 10.2 Å². The molecule has 0 radical (unpaired) electrons. The number of hydrogen-bond acceptors (Lipinski definition) is 3. The minimum atomic E-state index is -0.698. The fourth-order valence-electron chi connectivity index (χ4n) is 1.66. The third kappa shape index (κ3) is 3.04. The second-order valence-electron chi connectivity index (χ2n) is 3.84. The molecule has 0 aromatic carbocycles. The number of aromatic nitrogens is 2. The van der Waals surface area contributed by atoms with Gasteiger partial charge in [0.15, 0.2) is 0 Å². The van der Waals surface area contributed by atoms with Gasteiger partial charge in [-0.1, -0.05) is 6.92 Å². The monoisotopic (exact) mass is 212 g/mol. The molecule has 4 heteroatoms. The van der Waals surface area contributed by atoms with E-state index < -0.39 is 12.2 Å². The van der Waals surface area contributed by atoms with E-state index in [2.05, 4.69) is 5.10 Å². The third-order valence-corrected chi connectivity index (χ3v) is 2.57. The van der Waals surface area contributed by atoms with Gasteiger partial charge in [-0.15, -0.1) is 0 Å². The van der Waals surface area contributed by atoms with Crippen LogP contribution < -0.4 is 0 Å². The zero-order chi connectivity index (χ0) is 11.4. The van der Waals surface area contributed by atoms with Crippen molar-refractivity contribution in [3.8, 4) is 0 Å². The van der Waals surface area contributed by atoms with Gasteiger partial charge in [0.25, 0.3) is 0 Å². The lowest BCUT2D eigenvalue weighted by molar-refractivity contribution is 0.0170. The molecule has 0 fully saturated rings. The van der Waals surface area contributed by atoms with E-state index in [-0.39, 0.29) is 0 Å². The van der Waals surface area contributed by atoms with Crippen LogP contribution in [0.3, 0.4) is 0 Å². The molecule has 2 unspecified atom stereocenters. The maximum atomic E-state index is 9.71. The normalized spacial score (nSPS) is 15.3. The molecule has 1 aromatic heterocycles. The summed E-state index contributed by atoms with van der Waals surface area (Å²) >= 11 is 0. The number of aliphatic hydroxyl groups excluding tert-OH is 2. The Kier molecular flexibility index (Phi) is 4.29. The van der Waals surface area contributed by atoms with Crippen molar-refractivity contribution in [2.24, 2.45) is 0 Å². The van der Waals surface area contributed by atoms with Gasteiger partial charge in [0.1, 0.15) is 0 Å². The molecule has 1 heterocycles. The van der Waals surface area contributed by atoms with E-state index in [0.717, 1.165) is 17.9 Å². The Morgan fingerprint density at radius 1 is 1.33 bits per heavy atom. The van der Waals surface area contributed by atoms with Crippen LogP contribution in [0.5, 0.6) is 0 Å². The lowest BCUT2D eigenvalue weighted by atomic mass is 10.1. The maximum absolute atomic E-state index is 9.71. The van der Waals surface area contributed by atoms with E-state index in [1.165, 1.54) is 0 Å². The fourth-order valence-corrected chi connectivity index (χ4v) is 1.66. The number of aliphatic hydroxyl groups is 2. The van der Waals surface area contributed by atoms with Gasteiger partial charge in [-0.2, -0.15) is 5.10 Å². The summed E-state index contributed by atoms with van der Waals surface area (Å²) in [7, 11) is 0. The molecule has 15 heavy (non-hydrogen) atoms. The Morgan fingerprint density at radius 2 is 2.00 bits per heavy atom. The molecule has 86 valence electrons. The standard InChI is InChI=1S/C11H20N2O2/c1-4-10(14)11(15)7-9-6-8(3)12-13(9)5-2/h6,10-11,14-15H,4-5,7H2,1-3H3. The summed E-state index contributed by atoms with van der Waals surface area (Å²) in [4.78, 5) is 0. The molecule has 0 spiro atoms. The lowest BCUT2D eigenvalue weighted by Crippen LogP contribution is -2.28. The predicted molar refractivity (Wildman–Crippen MR) is 58.6 cm³/mol. The van der Waals surface area contributed by atoms with Crippen molar-refractivity contribution in [2.45, 2.75) is 52.4 Å². The smallest absolute Gasteiger partial charge is 0.0854 e. The van der Waals surface area contributed by atoms with Crippen molar-refractivity contribution in [2.75, 3.05) is 0 Å². The number of hydrogen-bond donors (Lipinski definition) is 2. The molecule has 1 aromatic rings. The average Bonchev–Trinajstić information content (AvgIpc) is 2.57. The second-order valence-corrected chi connectivity index (χ2v) is 3.84. The Morgan fingerprint density at radius 3 is 2.53 bits per heavy atom. The number of aryl methyl sites for hydroxylation is 2. The summed E-state index contributed by atoms with van der Waals surface area (Å²) < 4.78 is 1.86. The first-order valence-electron chi connectivity index (χ1n) is 5.47. The van der Waals surface area contributed by atoms with E-state index in [1.807, 2.05) is 31.5 Å². The van der Waals surface area contributed by atoms with Crippen LogP contribution in [0.2, 0.25) is 0 Å². The zero-order valence-corrected chi connectivity index (χ0v) is 9.64. The highest BCUT2D eigenvalue weighted by molar-refractivity contribution is 5.10. The molecule has 1 rings (SSSR count). The molecule has 0 aliphatic heterocycles. The predicted octanol–water partition coefficient (Wildman–Crippen LogP) is 0.886. The summed E-state index contributed by atoms with van der Waals surface area (Å²) in [6, 6.07) is 1.95. The van der Waals surface area contributed by atoms with Crippen LogP contribution in [0.4, 0.5) is 0 Å². The van der Waals surface area contributed by atoms with Crippen LogP contribution in [-0.2, 0) is 13.0 Å². The molecule has 0 bridgehead atoms. The Bertz CT molecular complexity index is 310. The van der Waals surface area contributed by atoms with Crippen LogP contribution in [0.25, 0.3) is 0 Å². The summed E-state index contributed by atoms with van der Waals surface area (Å²) in [5.74, 6) is 0. The number of rotatable bonds is 5. The van der Waals surface area contributed by atoms with Crippen molar-refractivity contribution >= 4 is 0 Å². The largest absolute Gasteiger partial charge is 0.390 e. The maximum Gasteiger partial charge on any atom is 0.0854 e. The van der Waals surface area contributed by atoms with Gasteiger partial charge in [0, 0.05) is 18.7 Å². The van der Waals surface area contributed by atoms with Gasteiger partial charge in [0.05, 0.1) is 17.9 Å². The van der Waals surface area contributed by atoms with Crippen LogP contribution in [0, 0.1) is 6.92 Å². The average molecular weight is 212 g/mol. The van der Waals surface area contributed by atoms with Crippen molar-refractivity contribution in [1.82, 2.24) is 9.78 Å². The van der Waals surface area contributed by atoms with Crippen LogP contribution >= 0.6 is 0 Å². The summed E-state index contributed by atoms with van der Waals surface area (Å²) in [5, 5.41) is 23.5. The van der Waals surface area contributed by atoms with Crippen molar-refractivity contribution in [3.63, 3.8) is 0 Å². The van der Waals surface area contributed by atoms with Crippen molar-refractivity contribution in [1.29, 1.82) is 0 Å². The Hall–Kier alpha value is -0.870. The first kappa shape index (κ1) is 12.2. The van der Waals surface area contributed by atoms with E-state index in [1.54, 1.807) is 0 Å². The van der Waals surface area contributed by atoms with Gasteiger partial charge >= 0.3 is 0 Å². The number of nitrogens with zero attached hydrogens (tertiary/aromatic N) is 2. The highest BCUT2D eigenvalue weighted by Crippen LogP contribution is 2.10. The quantitative estimate of drug-likeness (QED) is 0.762. The van der Waals surface area contributed by atoms with Gasteiger partial charge < -0.3 is 10.2 Å². The van der Waals surface area contributed by atoms with E-state index in [0.29, 0.717) is 12.8 Å². The van der Waals surface area contributed by atoms with E-state index >= 15 is 0 Å². The first-order valence-corrected chi connectivity index (χ1v) is 5.47. The van der Waals surface area contributed by atoms with Crippen LogP contribution in [-0.4, -0.2) is 32.2 Å². The molecule has 0 saturated carbocycles. The zero-order valence-electron chi connectivity index (χ0n) is 9.64. The second kappa shape index (κ2) is 5.28. The fraction of sp³-hybridized carbons (Fsp3) is 0.727. The molecule has 4 nitrogen and oxygen atoms in total. The van der Waals surface area contributed by atoms with Crippen molar-refractivity contribution in [3.05, 3.63) is 17.5 Å². The van der Waals surface area contributed by atoms with Crippen LogP contribution in [0.15, 0.2) is 6.07 Å². The highest BCUT2D eigenvalue weighted by Gasteiger charge is 2.17. The molecule has 0 aliphatic carbocycles. The molecule has 2 N–H and O–H groups in total. The molecule has 0 aliphatic rings. The minimum Gasteiger partial charge on any atom is -0.390 e. The lowest BCUT2D eigenvalue weighted by Gasteiger charge is -2.16. The minimum absolute atomic E-state index is 0.462. The first-order chi connectivity index (χ1) is 7.08. The van der Waals surface area contributed by atoms with E-state index in [9.17, 15) is 10.2 Å². The Balaban J connectivity index is 2.70. The topological polar surface area (TPSA) is 58.3 Å². The van der Waals surface area contributed by atoms with Gasteiger partial charge in [-0.05, 0) is 26.3 Å². The van der Waals surface area contributed by atoms with E-state index in [4.69, 9.17) is 0 Å². The van der Waals surface area contributed by atoms with Gasteiger partial charge in [0.2, 0.25) is 0 Å². The Labute approximate surface area is 90.5 Å². The summed E-state index contributed by atoms with van der Waals surface area (Å²) in [6.07, 6.45) is -0.314. The summed E-state index contributed by atoms with van der Waals surface area (Å²) in [5.41, 5.74) is 1.93. The highest BCUT2D eigenvalue weighted by atomic mass is 16.3. The molecule has 0 amide bonds. The van der Waals surface area contributed by atoms with Gasteiger partial charge in [-0.25, -0.2) is 0 Å². The molecular weight excluding hydrogens is 192 g/mol. The van der Waals surface area contributed by atoms with Gasteiger partial charge in [-0.3, -0.25) is 4.68 Å².